The maximum atomic E-state index is 12.4. The largest absolute Gasteiger partial charge is 0.486 e. The molecule has 0 radical (unpaired) electrons. The highest BCUT2D eigenvalue weighted by Gasteiger charge is 2.27. The fourth-order valence-electron chi connectivity index (χ4n) is 2.88. The Morgan fingerprint density at radius 1 is 1.33 bits per heavy atom. The Hall–Kier alpha value is -1.75. The lowest BCUT2D eigenvalue weighted by Gasteiger charge is -2.32. The van der Waals surface area contributed by atoms with Crippen molar-refractivity contribution >= 4 is 5.91 Å². The summed E-state index contributed by atoms with van der Waals surface area (Å²) in [5.41, 5.74) is 0. The first-order chi connectivity index (χ1) is 10.2. The number of piperidine rings is 1. The van der Waals surface area contributed by atoms with Crippen LogP contribution in [0.1, 0.15) is 19.3 Å². The van der Waals surface area contributed by atoms with Crippen molar-refractivity contribution in [3.8, 4) is 11.5 Å². The van der Waals surface area contributed by atoms with Gasteiger partial charge in [0.25, 0.3) is 0 Å². The van der Waals surface area contributed by atoms with Crippen LogP contribution < -0.4 is 14.8 Å². The first-order valence-electron chi connectivity index (χ1n) is 7.61. The molecule has 1 unspecified atom stereocenters. The third-order valence-electron chi connectivity index (χ3n) is 4.03. The summed E-state index contributed by atoms with van der Waals surface area (Å²) in [5.74, 6) is 1.68. The number of hydrogen-bond acceptors (Lipinski definition) is 4. The number of amides is 1. The molecule has 0 spiro atoms. The summed E-state index contributed by atoms with van der Waals surface area (Å²) < 4.78 is 11.6. The van der Waals surface area contributed by atoms with Crippen LogP contribution in [0.4, 0.5) is 0 Å². The standard InChI is InChI=1S/C16H22N2O3/c1-18(16(19)13-6-4-5-9-17-13)10-12-11-20-14-7-2-3-8-15(14)21-12/h2-3,7-8,12-13,17H,4-6,9-11H2,1H3/t12?,13-/m1/s1. The van der Waals surface area contributed by atoms with Crippen LogP contribution in [-0.4, -0.2) is 49.7 Å². The molecule has 0 aromatic heterocycles. The zero-order valence-corrected chi connectivity index (χ0v) is 12.4. The molecule has 114 valence electrons. The van der Waals surface area contributed by atoms with Crippen molar-refractivity contribution < 1.29 is 14.3 Å². The number of hydrogen-bond donors (Lipinski definition) is 1. The maximum Gasteiger partial charge on any atom is 0.239 e. The summed E-state index contributed by atoms with van der Waals surface area (Å²) >= 11 is 0. The molecule has 0 aliphatic carbocycles. The molecule has 2 atom stereocenters. The van der Waals surface area contributed by atoms with Crippen LogP contribution in [0, 0.1) is 0 Å². The number of carbonyl (C=O) groups excluding carboxylic acids is 1. The summed E-state index contributed by atoms with van der Waals surface area (Å²) in [6.45, 7) is 1.96. The smallest absolute Gasteiger partial charge is 0.239 e. The van der Waals surface area contributed by atoms with Crippen LogP contribution in [0.15, 0.2) is 24.3 Å². The lowest BCUT2D eigenvalue weighted by atomic mass is 10.0. The summed E-state index contributed by atoms with van der Waals surface area (Å²) in [6.07, 6.45) is 3.09. The van der Waals surface area contributed by atoms with Gasteiger partial charge in [-0.25, -0.2) is 0 Å². The minimum atomic E-state index is -0.113. The quantitative estimate of drug-likeness (QED) is 0.915. The van der Waals surface area contributed by atoms with Gasteiger partial charge in [0.1, 0.15) is 6.61 Å². The highest BCUT2D eigenvalue weighted by Crippen LogP contribution is 2.31. The van der Waals surface area contributed by atoms with Crippen molar-refractivity contribution in [2.24, 2.45) is 0 Å². The highest BCUT2D eigenvalue weighted by atomic mass is 16.6. The van der Waals surface area contributed by atoms with E-state index in [4.69, 9.17) is 9.47 Å². The molecule has 2 aliphatic rings. The molecule has 5 nitrogen and oxygen atoms in total. The van der Waals surface area contributed by atoms with E-state index in [1.165, 1.54) is 0 Å². The van der Waals surface area contributed by atoms with E-state index in [1.807, 2.05) is 31.3 Å². The summed E-state index contributed by atoms with van der Waals surface area (Å²) in [4.78, 5) is 14.1. The van der Waals surface area contributed by atoms with Gasteiger partial charge in [-0.1, -0.05) is 18.6 Å². The van der Waals surface area contributed by atoms with Gasteiger partial charge in [0.2, 0.25) is 5.91 Å². The van der Waals surface area contributed by atoms with Crippen LogP contribution >= 0.6 is 0 Å². The van der Waals surface area contributed by atoms with Crippen molar-refractivity contribution in [3.63, 3.8) is 0 Å². The highest BCUT2D eigenvalue weighted by molar-refractivity contribution is 5.81. The van der Waals surface area contributed by atoms with Gasteiger partial charge in [-0.2, -0.15) is 0 Å². The van der Waals surface area contributed by atoms with Gasteiger partial charge in [0.05, 0.1) is 12.6 Å². The number of para-hydroxylation sites is 2. The summed E-state index contributed by atoms with van der Waals surface area (Å²) in [6, 6.07) is 7.59. The minimum absolute atomic E-state index is 0.0412. The monoisotopic (exact) mass is 290 g/mol. The molecule has 0 saturated carbocycles. The van der Waals surface area contributed by atoms with Crippen LogP contribution in [-0.2, 0) is 4.79 Å². The van der Waals surface area contributed by atoms with Crippen LogP contribution in [0.2, 0.25) is 0 Å². The number of nitrogens with one attached hydrogen (secondary N) is 1. The second-order valence-electron chi connectivity index (χ2n) is 5.72. The predicted octanol–water partition coefficient (Wildman–Crippen LogP) is 1.43. The van der Waals surface area contributed by atoms with Gasteiger partial charge < -0.3 is 19.7 Å². The molecule has 1 saturated heterocycles. The molecule has 1 aromatic carbocycles. The van der Waals surface area contributed by atoms with E-state index in [2.05, 4.69) is 5.32 Å². The SMILES string of the molecule is CN(CC1COc2ccccc2O1)C(=O)[C@H]1CCCCN1. The lowest BCUT2D eigenvalue weighted by Crippen LogP contribution is -2.50. The number of ether oxygens (including phenoxy) is 2. The zero-order valence-electron chi connectivity index (χ0n) is 12.4. The van der Waals surface area contributed by atoms with E-state index in [-0.39, 0.29) is 18.1 Å². The first-order valence-corrected chi connectivity index (χ1v) is 7.61. The van der Waals surface area contributed by atoms with Crippen molar-refractivity contribution in [2.75, 3.05) is 26.7 Å². The summed E-state index contributed by atoms with van der Waals surface area (Å²) in [5, 5.41) is 3.29. The Morgan fingerprint density at radius 3 is 2.90 bits per heavy atom. The topological polar surface area (TPSA) is 50.8 Å². The number of carbonyl (C=O) groups is 1. The van der Waals surface area contributed by atoms with Gasteiger partial charge in [0.15, 0.2) is 17.6 Å². The predicted molar refractivity (Wildman–Crippen MR) is 79.6 cm³/mol. The molecule has 0 bridgehead atoms. The van der Waals surface area contributed by atoms with Crippen molar-refractivity contribution in [3.05, 3.63) is 24.3 Å². The van der Waals surface area contributed by atoms with E-state index in [9.17, 15) is 4.79 Å². The normalized spacial score (nSPS) is 24.4. The lowest BCUT2D eigenvalue weighted by molar-refractivity contribution is -0.134. The minimum Gasteiger partial charge on any atom is -0.486 e. The van der Waals surface area contributed by atoms with Gasteiger partial charge in [0, 0.05) is 7.05 Å². The number of benzene rings is 1. The van der Waals surface area contributed by atoms with Gasteiger partial charge in [-0.15, -0.1) is 0 Å². The van der Waals surface area contributed by atoms with E-state index in [0.29, 0.717) is 13.2 Å². The molecule has 3 rings (SSSR count). The summed E-state index contributed by atoms with van der Waals surface area (Å²) in [7, 11) is 1.84. The molecule has 5 heteroatoms. The second-order valence-corrected chi connectivity index (χ2v) is 5.72. The van der Waals surface area contributed by atoms with Crippen LogP contribution in [0.3, 0.4) is 0 Å². The molecule has 21 heavy (non-hydrogen) atoms. The Bertz CT molecular complexity index is 500. The molecule has 1 amide bonds. The van der Waals surface area contributed by atoms with Crippen LogP contribution in [0.5, 0.6) is 11.5 Å². The molecular weight excluding hydrogens is 268 g/mol. The first kappa shape index (κ1) is 14.2. The average Bonchev–Trinajstić information content (AvgIpc) is 2.55. The Kier molecular flexibility index (Phi) is 4.29. The fourth-order valence-corrected chi connectivity index (χ4v) is 2.88. The van der Waals surface area contributed by atoms with Gasteiger partial charge in [-0.05, 0) is 31.5 Å². The average molecular weight is 290 g/mol. The van der Waals surface area contributed by atoms with Crippen molar-refractivity contribution in [1.82, 2.24) is 10.2 Å². The molecular formula is C16H22N2O3. The van der Waals surface area contributed by atoms with Gasteiger partial charge >= 0.3 is 0 Å². The molecule has 2 aliphatic heterocycles. The molecule has 1 fully saturated rings. The molecule has 2 heterocycles. The number of likely N-dealkylation sites (N-methyl/N-ethyl adjacent to an activating group) is 1. The van der Waals surface area contributed by atoms with Gasteiger partial charge in [-0.3, -0.25) is 4.79 Å². The maximum absolute atomic E-state index is 12.4. The number of nitrogens with zero attached hydrogens (tertiary/aromatic N) is 1. The van der Waals surface area contributed by atoms with E-state index in [1.54, 1.807) is 4.90 Å². The van der Waals surface area contributed by atoms with E-state index in [0.717, 1.165) is 37.3 Å². The Balaban J connectivity index is 1.56. The Labute approximate surface area is 125 Å². The second kappa shape index (κ2) is 6.35. The van der Waals surface area contributed by atoms with Crippen LogP contribution in [0.25, 0.3) is 0 Å². The third kappa shape index (κ3) is 3.29. The zero-order chi connectivity index (χ0) is 14.7. The number of fused-ring (bicyclic) bond motifs is 1. The van der Waals surface area contributed by atoms with Crippen molar-refractivity contribution in [2.45, 2.75) is 31.4 Å². The molecule has 1 N–H and O–H groups in total. The van der Waals surface area contributed by atoms with E-state index >= 15 is 0 Å². The third-order valence-corrected chi connectivity index (χ3v) is 4.03. The Morgan fingerprint density at radius 2 is 2.14 bits per heavy atom. The van der Waals surface area contributed by atoms with E-state index < -0.39 is 0 Å². The fraction of sp³-hybridized carbons (Fsp3) is 0.562. The molecule has 1 aromatic rings. The van der Waals surface area contributed by atoms with Crippen molar-refractivity contribution in [1.29, 1.82) is 0 Å². The number of rotatable bonds is 3.